The van der Waals surface area contributed by atoms with Gasteiger partial charge in [0.25, 0.3) is 0 Å². The molecule has 0 spiro atoms. The van der Waals surface area contributed by atoms with Crippen molar-refractivity contribution in [3.63, 3.8) is 0 Å². The SMILES string of the molecule is NC(=NCc1ccc2c(n1)CCCC2)NC1CCCC1. The van der Waals surface area contributed by atoms with Crippen molar-refractivity contribution in [2.45, 2.75) is 64.0 Å². The number of rotatable bonds is 3. The minimum absolute atomic E-state index is 0.523. The maximum atomic E-state index is 5.95. The van der Waals surface area contributed by atoms with Gasteiger partial charge in [0, 0.05) is 11.7 Å². The molecule has 2 aliphatic rings. The molecule has 2 aliphatic carbocycles. The number of aryl methyl sites for hydroxylation is 2. The van der Waals surface area contributed by atoms with Gasteiger partial charge in [-0.3, -0.25) is 4.98 Å². The summed E-state index contributed by atoms with van der Waals surface area (Å²) < 4.78 is 0. The van der Waals surface area contributed by atoms with Gasteiger partial charge in [-0.25, -0.2) is 4.99 Å². The fourth-order valence-corrected chi connectivity index (χ4v) is 3.21. The van der Waals surface area contributed by atoms with Crippen LogP contribution in [0.2, 0.25) is 0 Å². The molecule has 0 bridgehead atoms. The first-order valence-corrected chi connectivity index (χ1v) is 7.85. The molecule has 1 fully saturated rings. The minimum Gasteiger partial charge on any atom is -0.370 e. The van der Waals surface area contributed by atoms with Gasteiger partial charge >= 0.3 is 0 Å². The molecule has 1 aromatic rings. The molecule has 4 nitrogen and oxygen atoms in total. The maximum absolute atomic E-state index is 5.95. The van der Waals surface area contributed by atoms with E-state index in [-0.39, 0.29) is 0 Å². The molecule has 0 atom stereocenters. The number of nitrogens with one attached hydrogen (secondary N) is 1. The van der Waals surface area contributed by atoms with Gasteiger partial charge in [-0.2, -0.15) is 0 Å². The molecule has 0 radical (unpaired) electrons. The average molecular weight is 272 g/mol. The average Bonchev–Trinajstić information content (AvgIpc) is 2.98. The van der Waals surface area contributed by atoms with Gasteiger partial charge in [0.2, 0.25) is 0 Å². The molecule has 1 heterocycles. The summed E-state index contributed by atoms with van der Waals surface area (Å²) in [6, 6.07) is 4.83. The van der Waals surface area contributed by atoms with Crippen LogP contribution in [-0.4, -0.2) is 17.0 Å². The van der Waals surface area contributed by atoms with Gasteiger partial charge in [0.05, 0.1) is 12.2 Å². The quantitative estimate of drug-likeness (QED) is 0.655. The number of fused-ring (bicyclic) bond motifs is 1. The minimum atomic E-state index is 0.523. The standard InChI is InChI=1S/C16H24N4/c17-16(20-13-6-2-3-7-13)18-11-14-10-9-12-5-1-4-8-15(12)19-14/h9-10,13H,1-8,11H2,(H3,17,18,20). The first-order chi connectivity index (χ1) is 9.81. The smallest absolute Gasteiger partial charge is 0.189 e. The Kier molecular flexibility index (Phi) is 4.19. The molecule has 0 unspecified atom stereocenters. The highest BCUT2D eigenvalue weighted by Crippen LogP contribution is 2.20. The summed E-state index contributed by atoms with van der Waals surface area (Å²) >= 11 is 0. The first kappa shape index (κ1) is 13.4. The molecule has 0 aliphatic heterocycles. The van der Waals surface area contributed by atoms with Gasteiger partial charge in [-0.1, -0.05) is 18.9 Å². The van der Waals surface area contributed by atoms with Crippen LogP contribution in [0.5, 0.6) is 0 Å². The Morgan fingerprint density at radius 3 is 2.85 bits per heavy atom. The van der Waals surface area contributed by atoms with Crippen LogP contribution >= 0.6 is 0 Å². The molecule has 0 amide bonds. The highest BCUT2D eigenvalue weighted by molar-refractivity contribution is 5.78. The lowest BCUT2D eigenvalue weighted by molar-refractivity contribution is 0.624. The predicted molar refractivity (Wildman–Crippen MR) is 81.6 cm³/mol. The summed E-state index contributed by atoms with van der Waals surface area (Å²) in [6.45, 7) is 0.582. The van der Waals surface area contributed by atoms with Crippen molar-refractivity contribution in [2.75, 3.05) is 0 Å². The summed E-state index contributed by atoms with van der Waals surface area (Å²) in [5.74, 6) is 0.566. The Hall–Kier alpha value is -1.58. The Bertz CT molecular complexity index is 489. The van der Waals surface area contributed by atoms with Crippen molar-refractivity contribution in [3.8, 4) is 0 Å². The molecule has 0 saturated heterocycles. The van der Waals surface area contributed by atoms with Crippen LogP contribution < -0.4 is 11.1 Å². The first-order valence-electron chi connectivity index (χ1n) is 7.85. The number of nitrogens with two attached hydrogens (primary N) is 1. The zero-order chi connectivity index (χ0) is 13.8. The number of hydrogen-bond donors (Lipinski definition) is 2. The third-order valence-electron chi connectivity index (χ3n) is 4.35. The summed E-state index contributed by atoms with van der Waals surface area (Å²) in [6.07, 6.45) is 9.89. The fourth-order valence-electron chi connectivity index (χ4n) is 3.21. The van der Waals surface area contributed by atoms with Crippen LogP contribution in [0.3, 0.4) is 0 Å². The monoisotopic (exact) mass is 272 g/mol. The number of aromatic nitrogens is 1. The molecular weight excluding hydrogens is 248 g/mol. The van der Waals surface area contributed by atoms with Crippen molar-refractivity contribution in [1.82, 2.24) is 10.3 Å². The van der Waals surface area contributed by atoms with E-state index >= 15 is 0 Å². The second-order valence-electron chi connectivity index (χ2n) is 5.94. The Morgan fingerprint density at radius 1 is 1.20 bits per heavy atom. The van der Waals surface area contributed by atoms with E-state index in [1.165, 1.54) is 56.2 Å². The second-order valence-corrected chi connectivity index (χ2v) is 5.94. The number of nitrogens with zero attached hydrogens (tertiary/aromatic N) is 2. The zero-order valence-electron chi connectivity index (χ0n) is 12.1. The van der Waals surface area contributed by atoms with Crippen LogP contribution in [-0.2, 0) is 19.4 Å². The van der Waals surface area contributed by atoms with Crippen LogP contribution in [0.25, 0.3) is 0 Å². The number of pyridine rings is 1. The lowest BCUT2D eigenvalue weighted by Crippen LogP contribution is -2.38. The lowest BCUT2D eigenvalue weighted by Gasteiger charge is -2.15. The normalized spacial score (nSPS) is 19.9. The van der Waals surface area contributed by atoms with Crippen LogP contribution in [0.15, 0.2) is 17.1 Å². The van der Waals surface area contributed by atoms with Gasteiger partial charge in [-0.05, 0) is 50.2 Å². The summed E-state index contributed by atoms with van der Waals surface area (Å²) in [7, 11) is 0. The van der Waals surface area contributed by atoms with E-state index in [1.807, 2.05) is 0 Å². The van der Waals surface area contributed by atoms with E-state index < -0.39 is 0 Å². The van der Waals surface area contributed by atoms with Gasteiger partial charge in [0.1, 0.15) is 0 Å². The van der Waals surface area contributed by atoms with Gasteiger partial charge in [0.15, 0.2) is 5.96 Å². The van der Waals surface area contributed by atoms with Gasteiger partial charge in [-0.15, -0.1) is 0 Å². The van der Waals surface area contributed by atoms with Gasteiger partial charge < -0.3 is 11.1 Å². The highest BCUT2D eigenvalue weighted by atomic mass is 15.1. The summed E-state index contributed by atoms with van der Waals surface area (Å²) in [5.41, 5.74) is 9.67. The third-order valence-corrected chi connectivity index (χ3v) is 4.35. The van der Waals surface area contributed by atoms with E-state index in [9.17, 15) is 0 Å². The molecule has 0 aromatic carbocycles. The third kappa shape index (κ3) is 3.30. The van der Waals surface area contributed by atoms with Crippen molar-refractivity contribution in [1.29, 1.82) is 0 Å². The van der Waals surface area contributed by atoms with E-state index in [0.29, 0.717) is 18.5 Å². The predicted octanol–water partition coefficient (Wildman–Crippen LogP) is 2.31. The molecule has 1 aromatic heterocycles. The van der Waals surface area contributed by atoms with E-state index in [4.69, 9.17) is 10.7 Å². The molecular formula is C16H24N4. The van der Waals surface area contributed by atoms with Crippen LogP contribution in [0.1, 0.15) is 55.5 Å². The number of hydrogen-bond acceptors (Lipinski definition) is 2. The maximum Gasteiger partial charge on any atom is 0.189 e. The molecule has 3 rings (SSSR count). The molecule has 1 saturated carbocycles. The highest BCUT2D eigenvalue weighted by Gasteiger charge is 2.15. The van der Waals surface area contributed by atoms with Crippen LogP contribution in [0.4, 0.5) is 0 Å². The van der Waals surface area contributed by atoms with Crippen molar-refractivity contribution in [2.24, 2.45) is 10.7 Å². The van der Waals surface area contributed by atoms with Crippen molar-refractivity contribution in [3.05, 3.63) is 29.1 Å². The van der Waals surface area contributed by atoms with E-state index in [2.05, 4.69) is 22.4 Å². The topological polar surface area (TPSA) is 63.3 Å². The van der Waals surface area contributed by atoms with Crippen molar-refractivity contribution >= 4 is 5.96 Å². The fraction of sp³-hybridized carbons (Fsp3) is 0.625. The van der Waals surface area contributed by atoms with E-state index in [1.54, 1.807) is 0 Å². The molecule has 4 heteroatoms. The molecule has 108 valence electrons. The Labute approximate surface area is 120 Å². The number of aliphatic imine (C=N–C) groups is 1. The summed E-state index contributed by atoms with van der Waals surface area (Å²) in [5, 5.41) is 3.31. The summed E-state index contributed by atoms with van der Waals surface area (Å²) in [4.78, 5) is 9.15. The second kappa shape index (κ2) is 6.25. The Balaban J connectivity index is 1.59. The molecule has 20 heavy (non-hydrogen) atoms. The van der Waals surface area contributed by atoms with Crippen LogP contribution in [0, 0.1) is 0 Å². The molecule has 3 N–H and O–H groups in total. The van der Waals surface area contributed by atoms with Crippen molar-refractivity contribution < 1.29 is 0 Å². The van der Waals surface area contributed by atoms with E-state index in [0.717, 1.165) is 12.1 Å². The number of guanidine groups is 1. The lowest BCUT2D eigenvalue weighted by atomic mass is 9.96. The largest absolute Gasteiger partial charge is 0.370 e. The zero-order valence-corrected chi connectivity index (χ0v) is 12.1. The Morgan fingerprint density at radius 2 is 2.00 bits per heavy atom.